The highest BCUT2D eigenvalue weighted by atomic mass is 16.7. The quantitative estimate of drug-likeness (QED) is 0.505. The van der Waals surface area contributed by atoms with Crippen LogP contribution in [-0.2, 0) is 14.3 Å². The lowest BCUT2D eigenvalue weighted by molar-refractivity contribution is -0.149. The Kier molecular flexibility index (Phi) is 3.00. The van der Waals surface area contributed by atoms with E-state index in [1.807, 2.05) is 0 Å². The number of aromatic nitrogens is 2. The summed E-state index contributed by atoms with van der Waals surface area (Å²) in [5.41, 5.74) is 4.94. The van der Waals surface area contributed by atoms with Crippen LogP contribution in [0.1, 0.15) is 17.4 Å². The molecule has 0 bridgehead atoms. The zero-order valence-corrected chi connectivity index (χ0v) is 7.22. The van der Waals surface area contributed by atoms with Gasteiger partial charge in [-0.15, -0.1) is 0 Å². The first kappa shape index (κ1) is 9.96. The van der Waals surface area contributed by atoms with Crippen LogP contribution in [0.2, 0.25) is 0 Å². The molecule has 0 spiro atoms. The maximum Gasteiger partial charge on any atom is 0.367 e. The van der Waals surface area contributed by atoms with Crippen molar-refractivity contribution in [1.29, 1.82) is 0 Å². The van der Waals surface area contributed by atoms with Crippen LogP contribution in [-0.4, -0.2) is 29.0 Å². The lowest BCUT2D eigenvalue weighted by atomic mass is 10.4. The number of hydrogen-bond acceptors (Lipinski definition) is 8. The number of hydrogen-bond donors (Lipinski definition) is 1. The largest absolute Gasteiger partial charge is 0.428 e. The third kappa shape index (κ3) is 2.44. The summed E-state index contributed by atoms with van der Waals surface area (Å²) in [5.74, 6) is -1.62. The zero-order valence-electron chi connectivity index (χ0n) is 7.22. The molecular weight excluding hydrogens is 194 g/mol. The first-order valence-electron chi connectivity index (χ1n) is 3.49. The minimum Gasteiger partial charge on any atom is -0.428 e. The van der Waals surface area contributed by atoms with Crippen molar-refractivity contribution in [3.8, 4) is 0 Å². The Bertz CT molecular complexity index is 347. The Morgan fingerprint density at radius 2 is 2.14 bits per heavy atom. The van der Waals surface area contributed by atoms with Gasteiger partial charge in [0.25, 0.3) is 0 Å². The van der Waals surface area contributed by atoms with Gasteiger partial charge in [0.05, 0.1) is 0 Å². The van der Waals surface area contributed by atoms with Crippen molar-refractivity contribution in [2.75, 3.05) is 12.5 Å². The highest BCUT2D eigenvalue weighted by Gasteiger charge is 2.17. The fourth-order valence-electron chi connectivity index (χ4n) is 0.571. The molecule has 0 aliphatic carbocycles. The summed E-state index contributed by atoms with van der Waals surface area (Å²) in [4.78, 5) is 21.3. The van der Waals surface area contributed by atoms with Crippen LogP contribution in [0.3, 0.4) is 0 Å². The molecule has 0 aliphatic rings. The van der Waals surface area contributed by atoms with Crippen molar-refractivity contribution >= 4 is 17.8 Å². The van der Waals surface area contributed by atoms with Crippen molar-refractivity contribution < 1.29 is 23.7 Å². The second-order valence-electron chi connectivity index (χ2n) is 2.18. The third-order valence-corrected chi connectivity index (χ3v) is 1.16. The van der Waals surface area contributed by atoms with Gasteiger partial charge in [0.2, 0.25) is 18.3 Å². The van der Waals surface area contributed by atoms with Crippen molar-refractivity contribution in [3.63, 3.8) is 0 Å². The van der Waals surface area contributed by atoms with Gasteiger partial charge in [0.15, 0.2) is 0 Å². The molecule has 0 atom stereocenters. The van der Waals surface area contributed by atoms with E-state index in [-0.39, 0.29) is 11.5 Å². The number of esters is 2. The summed E-state index contributed by atoms with van der Waals surface area (Å²) in [7, 11) is 0. The topological polar surface area (TPSA) is 118 Å². The van der Waals surface area contributed by atoms with Crippen LogP contribution in [0.5, 0.6) is 0 Å². The Morgan fingerprint density at radius 3 is 2.64 bits per heavy atom. The molecule has 1 rings (SSSR count). The standard InChI is InChI=1S/C6H7N3O5/c1-3(10)12-2-13-6(11)4-5(7)9-14-8-4/h2H2,1H3,(H2,7,9). The molecule has 0 unspecified atom stereocenters. The minimum atomic E-state index is -0.870. The van der Waals surface area contributed by atoms with Gasteiger partial charge in [-0.25, -0.2) is 9.42 Å². The van der Waals surface area contributed by atoms with Gasteiger partial charge < -0.3 is 15.2 Å². The van der Waals surface area contributed by atoms with E-state index in [1.54, 1.807) is 0 Å². The van der Waals surface area contributed by atoms with Gasteiger partial charge in [-0.2, -0.15) is 0 Å². The summed E-state index contributed by atoms with van der Waals surface area (Å²) in [6, 6.07) is 0. The molecule has 0 aromatic carbocycles. The Labute approximate surface area is 77.9 Å². The average Bonchev–Trinajstić information content (AvgIpc) is 2.50. The molecule has 1 aromatic rings. The molecule has 0 saturated carbocycles. The predicted octanol–water partition coefficient (Wildman–Crippen LogP) is -0.671. The lowest BCUT2D eigenvalue weighted by Crippen LogP contribution is -2.12. The summed E-state index contributed by atoms with van der Waals surface area (Å²) in [6.45, 7) is 0.681. The molecule has 14 heavy (non-hydrogen) atoms. The molecule has 2 N–H and O–H groups in total. The fraction of sp³-hybridized carbons (Fsp3) is 0.333. The van der Waals surface area contributed by atoms with Crippen molar-refractivity contribution in [2.45, 2.75) is 6.92 Å². The number of anilines is 1. The highest BCUT2D eigenvalue weighted by molar-refractivity contribution is 5.91. The fourth-order valence-corrected chi connectivity index (χ4v) is 0.571. The molecule has 0 fully saturated rings. The predicted molar refractivity (Wildman–Crippen MR) is 40.8 cm³/mol. The molecule has 1 heterocycles. The molecule has 0 amide bonds. The van der Waals surface area contributed by atoms with E-state index in [1.165, 1.54) is 6.92 Å². The second-order valence-corrected chi connectivity index (χ2v) is 2.18. The molecule has 0 saturated heterocycles. The highest BCUT2D eigenvalue weighted by Crippen LogP contribution is 2.05. The van der Waals surface area contributed by atoms with E-state index in [4.69, 9.17) is 5.73 Å². The first-order valence-corrected chi connectivity index (χ1v) is 3.49. The second kappa shape index (κ2) is 4.21. The maximum absolute atomic E-state index is 11.1. The van der Waals surface area contributed by atoms with Gasteiger partial charge in [-0.05, 0) is 10.3 Å². The summed E-state index contributed by atoms with van der Waals surface area (Å²) in [6.07, 6.45) is 0. The molecule has 0 radical (unpaired) electrons. The van der Waals surface area contributed by atoms with Crippen LogP contribution in [0, 0.1) is 0 Å². The van der Waals surface area contributed by atoms with E-state index in [2.05, 4.69) is 24.4 Å². The van der Waals surface area contributed by atoms with Gasteiger partial charge in [0, 0.05) is 6.92 Å². The minimum absolute atomic E-state index is 0.183. The number of ether oxygens (including phenoxy) is 2. The van der Waals surface area contributed by atoms with Gasteiger partial charge in [-0.1, -0.05) is 0 Å². The Balaban J connectivity index is 2.44. The SMILES string of the molecule is CC(=O)OCOC(=O)c1nonc1N. The van der Waals surface area contributed by atoms with Crippen LogP contribution >= 0.6 is 0 Å². The molecule has 8 heteroatoms. The lowest BCUT2D eigenvalue weighted by Gasteiger charge is -2.01. The first-order chi connectivity index (χ1) is 6.61. The number of carbonyl (C=O) groups excluding carboxylic acids is 2. The zero-order chi connectivity index (χ0) is 10.6. The normalized spacial score (nSPS) is 9.50. The van der Waals surface area contributed by atoms with Crippen LogP contribution in [0.25, 0.3) is 0 Å². The van der Waals surface area contributed by atoms with Gasteiger partial charge >= 0.3 is 11.9 Å². The number of nitrogens with two attached hydrogens (primary N) is 1. The smallest absolute Gasteiger partial charge is 0.367 e. The van der Waals surface area contributed by atoms with Gasteiger partial charge in [-0.3, -0.25) is 4.79 Å². The van der Waals surface area contributed by atoms with E-state index in [0.717, 1.165) is 0 Å². The maximum atomic E-state index is 11.1. The van der Waals surface area contributed by atoms with Crippen molar-refractivity contribution in [1.82, 2.24) is 10.3 Å². The molecular formula is C6H7N3O5. The summed E-state index contributed by atoms with van der Waals surface area (Å²) < 4.78 is 13.0. The number of rotatable bonds is 3. The summed E-state index contributed by atoms with van der Waals surface area (Å²) in [5, 5.41) is 6.35. The molecule has 0 aliphatic heterocycles. The van der Waals surface area contributed by atoms with Gasteiger partial charge in [0.1, 0.15) is 0 Å². The van der Waals surface area contributed by atoms with Crippen molar-refractivity contribution in [3.05, 3.63) is 5.69 Å². The molecule has 76 valence electrons. The van der Waals surface area contributed by atoms with Crippen molar-refractivity contribution in [2.24, 2.45) is 0 Å². The van der Waals surface area contributed by atoms with Crippen LogP contribution in [0.4, 0.5) is 5.82 Å². The average molecular weight is 201 g/mol. The third-order valence-electron chi connectivity index (χ3n) is 1.16. The van der Waals surface area contributed by atoms with Crippen LogP contribution < -0.4 is 5.73 Å². The molecule has 1 aromatic heterocycles. The van der Waals surface area contributed by atoms with Crippen LogP contribution in [0.15, 0.2) is 4.63 Å². The number of nitrogen functional groups attached to an aromatic ring is 1. The van der Waals surface area contributed by atoms with E-state index >= 15 is 0 Å². The van der Waals surface area contributed by atoms with E-state index in [0.29, 0.717) is 0 Å². The molecule has 8 nitrogen and oxygen atoms in total. The monoisotopic (exact) mass is 201 g/mol. The van der Waals surface area contributed by atoms with E-state index in [9.17, 15) is 9.59 Å². The Hall–Kier alpha value is -2.12. The van der Waals surface area contributed by atoms with E-state index < -0.39 is 18.7 Å². The number of carbonyl (C=O) groups is 2. The Morgan fingerprint density at radius 1 is 1.43 bits per heavy atom. The number of nitrogens with zero attached hydrogens (tertiary/aromatic N) is 2. The summed E-state index contributed by atoms with van der Waals surface area (Å²) >= 11 is 0.